The van der Waals surface area contributed by atoms with Crippen molar-refractivity contribution >= 4 is 11.7 Å². The molecular formula is C23H30N4O2. The minimum absolute atomic E-state index is 0.168. The maximum Gasteiger partial charge on any atom is 0.219 e. The molecule has 2 aliphatic rings. The van der Waals surface area contributed by atoms with Gasteiger partial charge in [0, 0.05) is 63.9 Å². The van der Waals surface area contributed by atoms with Crippen LogP contribution in [0.2, 0.25) is 0 Å². The van der Waals surface area contributed by atoms with Crippen LogP contribution < -0.4 is 9.64 Å². The van der Waals surface area contributed by atoms with Crippen molar-refractivity contribution in [2.24, 2.45) is 0 Å². The van der Waals surface area contributed by atoms with E-state index in [2.05, 4.69) is 33.9 Å². The van der Waals surface area contributed by atoms with Gasteiger partial charge in [0.25, 0.3) is 0 Å². The van der Waals surface area contributed by atoms with Gasteiger partial charge in [0.05, 0.1) is 0 Å². The lowest BCUT2D eigenvalue weighted by Gasteiger charge is -2.35. The summed E-state index contributed by atoms with van der Waals surface area (Å²) in [5.74, 6) is 2.44. The largest absolute Gasteiger partial charge is 0.474 e. The number of aromatic nitrogens is 2. The Hall–Kier alpha value is -2.63. The van der Waals surface area contributed by atoms with Crippen LogP contribution in [0.25, 0.3) is 0 Å². The number of amides is 1. The third kappa shape index (κ3) is 4.52. The molecule has 2 saturated heterocycles. The van der Waals surface area contributed by atoms with E-state index < -0.39 is 0 Å². The molecule has 6 heteroatoms. The van der Waals surface area contributed by atoms with E-state index in [1.54, 1.807) is 6.92 Å². The summed E-state index contributed by atoms with van der Waals surface area (Å²) >= 11 is 0. The second-order valence-electron chi connectivity index (χ2n) is 8.13. The highest BCUT2D eigenvalue weighted by Crippen LogP contribution is 2.34. The van der Waals surface area contributed by atoms with Gasteiger partial charge < -0.3 is 14.5 Å². The third-order valence-electron chi connectivity index (χ3n) is 6.18. The van der Waals surface area contributed by atoms with Crippen LogP contribution in [0.15, 0.2) is 36.7 Å². The van der Waals surface area contributed by atoms with Gasteiger partial charge >= 0.3 is 0 Å². The normalized spacial score (nSPS) is 18.7. The molecule has 0 aromatic carbocycles. The van der Waals surface area contributed by atoms with Crippen molar-refractivity contribution in [3.05, 3.63) is 47.8 Å². The Kier molecular flexibility index (Phi) is 5.97. The first-order valence-corrected chi connectivity index (χ1v) is 10.7. The molecule has 0 radical (unpaired) electrons. The summed E-state index contributed by atoms with van der Waals surface area (Å²) in [6.07, 6.45) is 7.74. The van der Waals surface area contributed by atoms with Crippen molar-refractivity contribution in [3.8, 4) is 5.88 Å². The standard InChI is InChI=1S/C23H30N4O2/c1-17-5-3-11-24-22(17)27-15-9-20(10-16-27)29-23-21(6-4-12-25-23)19-7-13-26(14-8-19)18(2)28/h3-6,11-12,19-20H,7-10,13-16H2,1-2H3. The molecule has 0 saturated carbocycles. The zero-order chi connectivity index (χ0) is 20.2. The van der Waals surface area contributed by atoms with Crippen LogP contribution in [0, 0.1) is 6.92 Å². The third-order valence-corrected chi connectivity index (χ3v) is 6.18. The number of likely N-dealkylation sites (tertiary alicyclic amines) is 1. The lowest BCUT2D eigenvalue weighted by Crippen LogP contribution is -2.39. The van der Waals surface area contributed by atoms with Gasteiger partial charge in [0.2, 0.25) is 11.8 Å². The molecule has 0 aliphatic carbocycles. The number of carbonyl (C=O) groups is 1. The summed E-state index contributed by atoms with van der Waals surface area (Å²) in [5.41, 5.74) is 2.41. The zero-order valence-corrected chi connectivity index (χ0v) is 17.4. The predicted octanol–water partition coefficient (Wildman–Crippen LogP) is 3.56. The van der Waals surface area contributed by atoms with Crippen molar-refractivity contribution in [3.63, 3.8) is 0 Å². The summed E-state index contributed by atoms with van der Waals surface area (Å²) in [4.78, 5) is 25.0. The minimum Gasteiger partial charge on any atom is -0.474 e. The maximum atomic E-state index is 11.6. The molecule has 2 aromatic heterocycles. The quantitative estimate of drug-likeness (QED) is 0.794. The van der Waals surface area contributed by atoms with Crippen LogP contribution in [0.4, 0.5) is 5.82 Å². The van der Waals surface area contributed by atoms with Crippen molar-refractivity contribution in [2.45, 2.75) is 51.6 Å². The molecule has 2 fully saturated rings. The van der Waals surface area contributed by atoms with E-state index in [0.717, 1.165) is 63.6 Å². The molecule has 6 nitrogen and oxygen atoms in total. The number of hydrogen-bond acceptors (Lipinski definition) is 5. The Balaban J connectivity index is 1.37. The predicted molar refractivity (Wildman–Crippen MR) is 113 cm³/mol. The maximum absolute atomic E-state index is 11.6. The monoisotopic (exact) mass is 394 g/mol. The van der Waals surface area contributed by atoms with Gasteiger partial charge in [0.15, 0.2) is 0 Å². The number of piperidine rings is 2. The molecule has 4 rings (SSSR count). The highest BCUT2D eigenvalue weighted by atomic mass is 16.5. The molecule has 0 bridgehead atoms. The van der Waals surface area contributed by atoms with Crippen LogP contribution >= 0.6 is 0 Å². The van der Waals surface area contributed by atoms with Crippen LogP contribution in [0.1, 0.15) is 49.7 Å². The SMILES string of the molecule is CC(=O)N1CCC(c2cccnc2OC2CCN(c3ncccc3C)CC2)CC1. The van der Waals surface area contributed by atoms with E-state index in [1.807, 2.05) is 29.4 Å². The molecule has 2 aliphatic heterocycles. The fraction of sp³-hybridized carbons (Fsp3) is 0.522. The number of aryl methyl sites for hydroxylation is 1. The molecule has 0 unspecified atom stereocenters. The van der Waals surface area contributed by atoms with E-state index in [1.165, 1.54) is 11.1 Å². The van der Waals surface area contributed by atoms with E-state index in [0.29, 0.717) is 5.92 Å². The Bertz CT molecular complexity index is 840. The minimum atomic E-state index is 0.168. The molecular weight excluding hydrogens is 364 g/mol. The number of pyridine rings is 2. The summed E-state index contributed by atoms with van der Waals surface area (Å²) < 4.78 is 6.39. The van der Waals surface area contributed by atoms with Gasteiger partial charge in [-0.15, -0.1) is 0 Å². The molecule has 2 aromatic rings. The lowest BCUT2D eigenvalue weighted by molar-refractivity contribution is -0.129. The average molecular weight is 395 g/mol. The molecule has 154 valence electrons. The summed E-state index contributed by atoms with van der Waals surface area (Å²) in [5, 5.41) is 0. The lowest BCUT2D eigenvalue weighted by atomic mass is 9.90. The van der Waals surface area contributed by atoms with E-state index in [-0.39, 0.29) is 12.0 Å². The van der Waals surface area contributed by atoms with Gasteiger partial charge in [-0.3, -0.25) is 4.79 Å². The first-order chi connectivity index (χ1) is 14.1. The highest BCUT2D eigenvalue weighted by molar-refractivity contribution is 5.73. The number of carbonyl (C=O) groups excluding carboxylic acids is 1. The molecule has 1 amide bonds. The van der Waals surface area contributed by atoms with E-state index in [4.69, 9.17) is 4.74 Å². The first kappa shape index (κ1) is 19.7. The Morgan fingerprint density at radius 1 is 1.00 bits per heavy atom. The van der Waals surface area contributed by atoms with E-state index in [9.17, 15) is 4.79 Å². The molecule has 4 heterocycles. The molecule has 29 heavy (non-hydrogen) atoms. The number of nitrogens with zero attached hydrogens (tertiary/aromatic N) is 4. The first-order valence-electron chi connectivity index (χ1n) is 10.7. The van der Waals surface area contributed by atoms with Gasteiger partial charge in [-0.05, 0) is 43.4 Å². The second kappa shape index (κ2) is 8.80. The second-order valence-corrected chi connectivity index (χ2v) is 8.13. The molecule has 0 spiro atoms. The van der Waals surface area contributed by atoms with Crippen LogP contribution in [-0.2, 0) is 4.79 Å². The van der Waals surface area contributed by atoms with Crippen LogP contribution in [0.3, 0.4) is 0 Å². The van der Waals surface area contributed by atoms with Gasteiger partial charge in [-0.25, -0.2) is 9.97 Å². The number of ether oxygens (including phenoxy) is 1. The topological polar surface area (TPSA) is 58.6 Å². The van der Waals surface area contributed by atoms with Gasteiger partial charge in [-0.1, -0.05) is 12.1 Å². The number of anilines is 1. The Labute approximate surface area is 172 Å². The van der Waals surface area contributed by atoms with Gasteiger partial charge in [0.1, 0.15) is 11.9 Å². The highest BCUT2D eigenvalue weighted by Gasteiger charge is 2.27. The van der Waals surface area contributed by atoms with Gasteiger partial charge in [-0.2, -0.15) is 0 Å². The number of rotatable bonds is 4. The Morgan fingerprint density at radius 2 is 1.69 bits per heavy atom. The molecule has 0 N–H and O–H groups in total. The average Bonchev–Trinajstić information content (AvgIpc) is 2.75. The fourth-order valence-electron chi connectivity index (χ4n) is 4.47. The van der Waals surface area contributed by atoms with Crippen molar-refractivity contribution in [2.75, 3.05) is 31.1 Å². The zero-order valence-electron chi connectivity index (χ0n) is 17.4. The fourth-order valence-corrected chi connectivity index (χ4v) is 4.47. The van der Waals surface area contributed by atoms with Crippen molar-refractivity contribution in [1.82, 2.24) is 14.9 Å². The molecule has 0 atom stereocenters. The van der Waals surface area contributed by atoms with Crippen LogP contribution in [0.5, 0.6) is 5.88 Å². The Morgan fingerprint density at radius 3 is 2.38 bits per heavy atom. The van der Waals surface area contributed by atoms with Crippen molar-refractivity contribution < 1.29 is 9.53 Å². The summed E-state index contributed by atoms with van der Waals surface area (Å²) in [6, 6.07) is 8.23. The number of hydrogen-bond donors (Lipinski definition) is 0. The van der Waals surface area contributed by atoms with Crippen LogP contribution in [-0.4, -0.2) is 53.1 Å². The summed E-state index contributed by atoms with van der Waals surface area (Å²) in [7, 11) is 0. The van der Waals surface area contributed by atoms with Crippen molar-refractivity contribution in [1.29, 1.82) is 0 Å². The summed E-state index contributed by atoms with van der Waals surface area (Å²) in [6.45, 7) is 7.29. The van der Waals surface area contributed by atoms with E-state index >= 15 is 0 Å². The smallest absolute Gasteiger partial charge is 0.219 e.